The number of hydrogen-bond donors (Lipinski definition) is 2. The van der Waals surface area contributed by atoms with Crippen molar-refractivity contribution in [2.45, 2.75) is 0 Å². The highest BCUT2D eigenvalue weighted by Gasteiger charge is 2.15. The van der Waals surface area contributed by atoms with E-state index in [9.17, 15) is 15.2 Å². The summed E-state index contributed by atoms with van der Waals surface area (Å²) in [6.45, 7) is 0. The molecule has 0 bridgehead atoms. The number of ether oxygens (including phenoxy) is 1. The maximum atomic E-state index is 10.9. The highest BCUT2D eigenvalue weighted by molar-refractivity contribution is 5.88. The molecule has 22 heavy (non-hydrogen) atoms. The molecule has 0 aliphatic rings. The van der Waals surface area contributed by atoms with E-state index in [0.717, 1.165) is 6.07 Å². The lowest BCUT2D eigenvalue weighted by Gasteiger charge is -2.06. The van der Waals surface area contributed by atoms with Crippen LogP contribution in [-0.4, -0.2) is 29.6 Å². The minimum Gasteiger partial charge on any atom is -0.504 e. The molecule has 0 fully saturated rings. The number of benzene rings is 2. The first kappa shape index (κ1) is 15.2. The van der Waals surface area contributed by atoms with Gasteiger partial charge in [0.2, 0.25) is 0 Å². The molecule has 7 heteroatoms. The van der Waals surface area contributed by atoms with Crippen LogP contribution in [0.5, 0.6) is 11.5 Å². The van der Waals surface area contributed by atoms with E-state index >= 15 is 0 Å². The molecule has 0 aliphatic carbocycles. The van der Waals surface area contributed by atoms with Crippen molar-refractivity contribution < 1.29 is 14.8 Å². The third-order valence-corrected chi connectivity index (χ3v) is 2.91. The molecule has 2 aromatic carbocycles. The van der Waals surface area contributed by atoms with Crippen LogP contribution in [0.3, 0.4) is 0 Å². The van der Waals surface area contributed by atoms with Gasteiger partial charge < -0.3 is 15.3 Å². The van der Waals surface area contributed by atoms with E-state index in [-0.39, 0.29) is 22.7 Å². The van der Waals surface area contributed by atoms with Crippen LogP contribution in [0.15, 0.2) is 41.4 Å². The topological polar surface area (TPSA) is 109 Å². The van der Waals surface area contributed by atoms with E-state index in [2.05, 4.69) is 4.99 Å². The van der Waals surface area contributed by atoms with Gasteiger partial charge in [0, 0.05) is 24.1 Å². The summed E-state index contributed by atoms with van der Waals surface area (Å²) >= 11 is 0. The summed E-state index contributed by atoms with van der Waals surface area (Å²) in [6.07, 6.45) is 2.50. The maximum absolute atomic E-state index is 10.9. The van der Waals surface area contributed by atoms with E-state index in [1.807, 2.05) is 0 Å². The van der Waals surface area contributed by atoms with Crippen LogP contribution in [0, 0.1) is 15.5 Å². The van der Waals surface area contributed by atoms with Gasteiger partial charge in [-0.25, -0.2) is 0 Å². The average molecular weight is 299 g/mol. The first-order valence-electron chi connectivity index (χ1n) is 6.25. The predicted octanol–water partition coefficient (Wildman–Crippen LogP) is 3.06. The van der Waals surface area contributed by atoms with Gasteiger partial charge in [-0.1, -0.05) is 12.1 Å². The quantitative estimate of drug-likeness (QED) is 0.502. The molecule has 0 saturated heterocycles. The van der Waals surface area contributed by atoms with Crippen molar-refractivity contribution in [3.63, 3.8) is 0 Å². The Bertz CT molecular complexity index is 756. The summed E-state index contributed by atoms with van der Waals surface area (Å²) in [5.41, 5.74) is 1.21. The Hall–Kier alpha value is -3.22. The Labute approximate surface area is 126 Å². The number of nitro groups is 1. The summed E-state index contributed by atoms with van der Waals surface area (Å²) < 4.78 is 4.92. The molecule has 2 rings (SSSR count). The van der Waals surface area contributed by atoms with Gasteiger partial charge in [-0.3, -0.25) is 15.1 Å². The standard InChI is InChI=1S/C15H13N3O4/c1-22-14-7-13(18(20)21)6-11(15(14)19)9-17-12-4-2-3-10(5-12)8-16/h2-9,16,19H,1H3/b16-8?,17-9+. The van der Waals surface area contributed by atoms with Gasteiger partial charge in [0.25, 0.3) is 5.69 Å². The normalized spacial score (nSPS) is 10.6. The third-order valence-electron chi connectivity index (χ3n) is 2.91. The minimum atomic E-state index is -0.574. The number of non-ortho nitro benzene ring substituents is 1. The molecule has 0 radical (unpaired) electrons. The second-order valence-electron chi connectivity index (χ2n) is 4.34. The van der Waals surface area contributed by atoms with Crippen LogP contribution in [0.1, 0.15) is 11.1 Å². The third kappa shape index (κ3) is 3.26. The highest BCUT2D eigenvalue weighted by Crippen LogP contribution is 2.33. The molecule has 0 aliphatic heterocycles. The minimum absolute atomic E-state index is 0.00360. The summed E-state index contributed by atoms with van der Waals surface area (Å²) in [4.78, 5) is 14.5. The van der Waals surface area contributed by atoms with Crippen LogP contribution in [-0.2, 0) is 0 Å². The van der Waals surface area contributed by atoms with Crippen LogP contribution in [0.25, 0.3) is 0 Å². The Kier molecular flexibility index (Phi) is 4.47. The molecule has 0 atom stereocenters. The number of nitro benzene ring substituents is 1. The van der Waals surface area contributed by atoms with Gasteiger partial charge in [-0.2, -0.15) is 0 Å². The van der Waals surface area contributed by atoms with Crippen molar-refractivity contribution in [1.82, 2.24) is 0 Å². The first-order chi connectivity index (χ1) is 10.5. The number of methoxy groups -OCH3 is 1. The van der Waals surface area contributed by atoms with Gasteiger partial charge in [0.15, 0.2) is 11.5 Å². The molecule has 2 aromatic rings. The molecule has 0 amide bonds. The summed E-state index contributed by atoms with van der Waals surface area (Å²) in [5, 5.41) is 28.1. The van der Waals surface area contributed by atoms with Crippen LogP contribution < -0.4 is 4.74 Å². The number of phenolic OH excluding ortho intramolecular Hbond substituents is 1. The lowest BCUT2D eigenvalue weighted by atomic mass is 10.1. The fourth-order valence-electron chi connectivity index (χ4n) is 1.81. The van der Waals surface area contributed by atoms with Crippen molar-refractivity contribution in [1.29, 1.82) is 5.41 Å². The van der Waals surface area contributed by atoms with Crippen molar-refractivity contribution in [3.8, 4) is 11.5 Å². The number of phenols is 1. The molecule has 2 N–H and O–H groups in total. The lowest BCUT2D eigenvalue weighted by Crippen LogP contribution is -1.94. The molecule has 7 nitrogen and oxygen atoms in total. The first-order valence-corrected chi connectivity index (χ1v) is 6.25. The van der Waals surface area contributed by atoms with E-state index in [1.54, 1.807) is 24.3 Å². The highest BCUT2D eigenvalue weighted by atomic mass is 16.6. The van der Waals surface area contributed by atoms with Crippen molar-refractivity contribution in [2.75, 3.05) is 7.11 Å². The zero-order valence-corrected chi connectivity index (χ0v) is 11.7. The summed E-state index contributed by atoms with van der Waals surface area (Å²) in [7, 11) is 1.31. The monoisotopic (exact) mass is 299 g/mol. The zero-order valence-electron chi connectivity index (χ0n) is 11.7. The fourth-order valence-corrected chi connectivity index (χ4v) is 1.81. The molecule has 112 valence electrons. The van der Waals surface area contributed by atoms with Crippen molar-refractivity contribution in [3.05, 3.63) is 57.6 Å². The van der Waals surface area contributed by atoms with Gasteiger partial charge in [0.1, 0.15) is 0 Å². The Balaban J connectivity index is 2.43. The number of nitrogens with one attached hydrogen (secondary N) is 1. The van der Waals surface area contributed by atoms with E-state index in [0.29, 0.717) is 11.3 Å². The van der Waals surface area contributed by atoms with Gasteiger partial charge in [0.05, 0.1) is 23.8 Å². The second-order valence-corrected chi connectivity index (χ2v) is 4.34. The molecular formula is C15H13N3O4. The van der Waals surface area contributed by atoms with Gasteiger partial charge >= 0.3 is 0 Å². The molecule has 0 unspecified atom stereocenters. The Morgan fingerprint density at radius 2 is 2.14 bits per heavy atom. The average Bonchev–Trinajstić information content (AvgIpc) is 2.53. The largest absolute Gasteiger partial charge is 0.504 e. The van der Waals surface area contributed by atoms with E-state index in [4.69, 9.17) is 10.1 Å². The number of aliphatic imine (C=N–C) groups is 1. The fraction of sp³-hybridized carbons (Fsp3) is 0.0667. The Morgan fingerprint density at radius 1 is 1.36 bits per heavy atom. The zero-order chi connectivity index (χ0) is 16.1. The van der Waals surface area contributed by atoms with Crippen molar-refractivity contribution >= 4 is 23.8 Å². The SMILES string of the molecule is COc1cc([N+](=O)[O-])cc(/C=N/c2cccc(C=N)c2)c1O. The van der Waals surface area contributed by atoms with Crippen molar-refractivity contribution in [2.24, 2.45) is 4.99 Å². The van der Waals surface area contributed by atoms with E-state index < -0.39 is 4.92 Å². The number of rotatable bonds is 5. The molecule has 0 saturated carbocycles. The van der Waals surface area contributed by atoms with Gasteiger partial charge in [-0.15, -0.1) is 0 Å². The lowest BCUT2D eigenvalue weighted by molar-refractivity contribution is -0.385. The number of nitrogens with zero attached hydrogens (tertiary/aromatic N) is 2. The number of hydrogen-bond acceptors (Lipinski definition) is 6. The van der Waals surface area contributed by atoms with Crippen LogP contribution >= 0.6 is 0 Å². The molecule has 0 aromatic heterocycles. The maximum Gasteiger partial charge on any atom is 0.274 e. The summed E-state index contributed by atoms with van der Waals surface area (Å²) in [5.74, 6) is -0.219. The predicted molar refractivity (Wildman–Crippen MR) is 82.9 cm³/mol. The van der Waals surface area contributed by atoms with Crippen LogP contribution in [0.4, 0.5) is 11.4 Å². The number of aromatic hydroxyl groups is 1. The summed E-state index contributed by atoms with van der Waals surface area (Å²) in [6, 6.07) is 9.23. The van der Waals surface area contributed by atoms with E-state index in [1.165, 1.54) is 25.6 Å². The smallest absolute Gasteiger partial charge is 0.274 e. The molecule has 0 heterocycles. The van der Waals surface area contributed by atoms with Gasteiger partial charge in [-0.05, 0) is 17.7 Å². The molecular weight excluding hydrogens is 286 g/mol. The second kappa shape index (κ2) is 6.49. The Morgan fingerprint density at radius 3 is 2.77 bits per heavy atom. The van der Waals surface area contributed by atoms with Crippen LogP contribution in [0.2, 0.25) is 0 Å². The molecule has 0 spiro atoms.